The highest BCUT2D eigenvalue weighted by Gasteiger charge is 2.22. The molecular formula is C30H29FO10S2. The SMILES string of the molecule is COc1cc2cc(C(=O)CC(C)C(=O)O)sc2cc1OCCCOc1c(OC)cc2sc(C(=O)CCC(=O)O)cc2c1F. The van der Waals surface area contributed by atoms with Gasteiger partial charge in [0, 0.05) is 46.2 Å². The summed E-state index contributed by atoms with van der Waals surface area (Å²) in [5, 5.41) is 18.9. The molecule has 0 radical (unpaired) electrons. The predicted octanol–water partition coefficient (Wildman–Crippen LogP) is 6.46. The molecule has 13 heteroatoms. The highest BCUT2D eigenvalue weighted by Crippen LogP contribution is 2.41. The van der Waals surface area contributed by atoms with E-state index in [1.807, 2.05) is 0 Å². The molecule has 0 aliphatic carbocycles. The van der Waals surface area contributed by atoms with E-state index in [4.69, 9.17) is 29.2 Å². The first-order chi connectivity index (χ1) is 20.5. The molecule has 2 aromatic heterocycles. The summed E-state index contributed by atoms with van der Waals surface area (Å²) in [5.74, 6) is -3.27. The van der Waals surface area contributed by atoms with Gasteiger partial charge >= 0.3 is 11.9 Å². The second-order valence-corrected chi connectivity index (χ2v) is 11.8. The van der Waals surface area contributed by atoms with Crippen molar-refractivity contribution in [3.05, 3.63) is 45.9 Å². The summed E-state index contributed by atoms with van der Waals surface area (Å²) in [6, 6.07) is 8.17. The normalized spacial score (nSPS) is 11.8. The van der Waals surface area contributed by atoms with Crippen LogP contribution in [0.25, 0.3) is 20.2 Å². The molecule has 1 atom stereocenters. The molecule has 0 bridgehead atoms. The number of carbonyl (C=O) groups is 4. The molecular weight excluding hydrogens is 603 g/mol. The molecule has 2 aromatic carbocycles. The van der Waals surface area contributed by atoms with Crippen molar-refractivity contribution in [3.63, 3.8) is 0 Å². The Kier molecular flexibility index (Phi) is 10.2. The molecule has 43 heavy (non-hydrogen) atoms. The number of thiophene rings is 2. The van der Waals surface area contributed by atoms with Crippen molar-refractivity contribution < 1.29 is 52.7 Å². The standard InChI is InChI=1S/C30H29FO10S2/c1-15(30(36)37)9-19(33)25-11-16-10-20(38-2)21(13-23(16)42-25)40-7-4-8-41-29-22(39-3)14-24-17(28(29)31)12-26(43-24)18(32)5-6-27(34)35/h10-15H,4-9H2,1-3H3,(H,34,35)(H,36,37). The van der Waals surface area contributed by atoms with Crippen LogP contribution >= 0.6 is 22.7 Å². The van der Waals surface area contributed by atoms with Crippen LogP contribution < -0.4 is 18.9 Å². The molecule has 0 saturated carbocycles. The summed E-state index contributed by atoms with van der Waals surface area (Å²) in [6.07, 6.45) is -0.220. The fraction of sp³-hybridized carbons (Fsp3) is 0.333. The van der Waals surface area contributed by atoms with Crippen molar-refractivity contribution in [3.8, 4) is 23.0 Å². The number of carboxylic acids is 2. The smallest absolute Gasteiger partial charge is 0.306 e. The number of hydrogen-bond acceptors (Lipinski definition) is 10. The number of rotatable bonds is 16. The average molecular weight is 633 g/mol. The molecule has 0 fully saturated rings. The maximum Gasteiger partial charge on any atom is 0.306 e. The molecule has 0 aliphatic rings. The van der Waals surface area contributed by atoms with Crippen molar-refractivity contribution in [2.75, 3.05) is 27.4 Å². The highest BCUT2D eigenvalue weighted by atomic mass is 32.1. The highest BCUT2D eigenvalue weighted by molar-refractivity contribution is 7.21. The van der Waals surface area contributed by atoms with Crippen LogP contribution in [-0.4, -0.2) is 61.2 Å². The van der Waals surface area contributed by atoms with E-state index < -0.39 is 23.7 Å². The Morgan fingerprint density at radius 1 is 0.814 bits per heavy atom. The summed E-state index contributed by atoms with van der Waals surface area (Å²) in [4.78, 5) is 47.5. The number of carboxylic acid groups (broad SMARTS) is 2. The Hall–Kier alpha value is -4.23. The lowest BCUT2D eigenvalue weighted by molar-refractivity contribution is -0.141. The Balaban J connectivity index is 1.40. The van der Waals surface area contributed by atoms with Crippen molar-refractivity contribution in [1.82, 2.24) is 0 Å². The second kappa shape index (κ2) is 13.8. The van der Waals surface area contributed by atoms with Crippen LogP contribution in [0.1, 0.15) is 52.0 Å². The number of fused-ring (bicyclic) bond motifs is 2. The van der Waals surface area contributed by atoms with Gasteiger partial charge in [-0.1, -0.05) is 6.92 Å². The number of methoxy groups -OCH3 is 2. The quantitative estimate of drug-likeness (QED) is 0.104. The molecule has 0 saturated heterocycles. The Morgan fingerprint density at radius 3 is 2.14 bits per heavy atom. The lowest BCUT2D eigenvalue weighted by Crippen LogP contribution is -2.13. The van der Waals surface area contributed by atoms with Crippen LogP contribution in [0.15, 0.2) is 30.3 Å². The third-order valence-electron chi connectivity index (χ3n) is 6.53. The van der Waals surface area contributed by atoms with Crippen LogP contribution in [0.5, 0.6) is 23.0 Å². The zero-order chi connectivity index (χ0) is 31.3. The summed E-state index contributed by atoms with van der Waals surface area (Å²) in [6.45, 7) is 1.77. The van der Waals surface area contributed by atoms with E-state index in [0.29, 0.717) is 27.5 Å². The number of halogens is 1. The molecule has 10 nitrogen and oxygen atoms in total. The van der Waals surface area contributed by atoms with Crippen LogP contribution in [0.4, 0.5) is 4.39 Å². The van der Waals surface area contributed by atoms with E-state index in [-0.39, 0.29) is 65.8 Å². The number of ether oxygens (including phenoxy) is 4. The average Bonchev–Trinajstić information content (AvgIpc) is 3.60. The summed E-state index contributed by atoms with van der Waals surface area (Å²) >= 11 is 2.30. The van der Waals surface area contributed by atoms with Crippen LogP contribution in [0.2, 0.25) is 0 Å². The van der Waals surface area contributed by atoms with E-state index in [1.165, 1.54) is 38.5 Å². The van der Waals surface area contributed by atoms with Crippen molar-refractivity contribution >= 4 is 66.4 Å². The molecule has 1 unspecified atom stereocenters. The largest absolute Gasteiger partial charge is 0.493 e. The van der Waals surface area contributed by atoms with Gasteiger partial charge < -0.3 is 29.2 Å². The lowest BCUT2D eigenvalue weighted by atomic mass is 10.0. The first-order valence-electron chi connectivity index (χ1n) is 13.2. The van der Waals surface area contributed by atoms with Crippen molar-refractivity contribution in [1.29, 1.82) is 0 Å². The molecule has 228 valence electrons. The Morgan fingerprint density at radius 2 is 1.47 bits per heavy atom. The fourth-order valence-electron chi connectivity index (χ4n) is 4.20. The summed E-state index contributed by atoms with van der Waals surface area (Å²) in [7, 11) is 2.87. The molecule has 4 aromatic rings. The number of aliphatic carboxylic acids is 2. The van der Waals surface area contributed by atoms with E-state index >= 15 is 4.39 Å². The number of hydrogen-bond donors (Lipinski definition) is 2. The Labute approximate surface area is 253 Å². The zero-order valence-electron chi connectivity index (χ0n) is 23.6. The van der Waals surface area contributed by atoms with Crippen molar-refractivity contribution in [2.45, 2.75) is 32.6 Å². The number of ketones is 2. The van der Waals surface area contributed by atoms with Gasteiger partial charge in [0.15, 0.2) is 40.4 Å². The Bertz CT molecular complexity index is 1690. The number of benzene rings is 2. The maximum atomic E-state index is 15.4. The minimum absolute atomic E-state index is 0.0807. The van der Waals surface area contributed by atoms with Gasteiger partial charge in [0.25, 0.3) is 0 Å². The molecule has 2 N–H and O–H groups in total. The predicted molar refractivity (Wildman–Crippen MR) is 159 cm³/mol. The van der Waals surface area contributed by atoms with Gasteiger partial charge in [-0.05, 0) is 23.6 Å². The van der Waals surface area contributed by atoms with Crippen molar-refractivity contribution in [2.24, 2.45) is 5.92 Å². The molecule has 0 amide bonds. The lowest BCUT2D eigenvalue weighted by Gasteiger charge is -2.13. The van der Waals surface area contributed by atoms with Gasteiger partial charge in [0.1, 0.15) is 0 Å². The van der Waals surface area contributed by atoms with Gasteiger partial charge in [-0.2, -0.15) is 0 Å². The second-order valence-electron chi connectivity index (χ2n) is 9.63. The van der Waals surface area contributed by atoms with Crippen LogP contribution in [0.3, 0.4) is 0 Å². The summed E-state index contributed by atoms with van der Waals surface area (Å²) < 4.78 is 39.0. The zero-order valence-corrected chi connectivity index (χ0v) is 25.2. The number of Topliss-reactive ketones (excluding diaryl/α,β-unsaturated/α-hetero) is 2. The topological polar surface area (TPSA) is 146 Å². The monoisotopic (exact) mass is 632 g/mol. The summed E-state index contributed by atoms with van der Waals surface area (Å²) in [5.41, 5.74) is 0. The molecule has 4 rings (SSSR count). The van der Waals surface area contributed by atoms with Crippen LogP contribution in [-0.2, 0) is 9.59 Å². The van der Waals surface area contributed by atoms with Gasteiger partial charge in [0.2, 0.25) is 0 Å². The number of carbonyl (C=O) groups excluding carboxylic acids is 2. The van der Waals surface area contributed by atoms with E-state index in [9.17, 15) is 19.2 Å². The third kappa shape index (κ3) is 7.41. The third-order valence-corrected chi connectivity index (χ3v) is 8.79. The fourth-order valence-corrected chi connectivity index (χ4v) is 6.28. The minimum atomic E-state index is -1.09. The minimum Gasteiger partial charge on any atom is -0.493 e. The van der Waals surface area contributed by atoms with E-state index in [1.54, 1.807) is 24.3 Å². The van der Waals surface area contributed by atoms with Gasteiger partial charge in [-0.15, -0.1) is 22.7 Å². The van der Waals surface area contributed by atoms with E-state index in [0.717, 1.165) is 21.4 Å². The molecule has 0 spiro atoms. The molecule has 2 heterocycles. The van der Waals surface area contributed by atoms with Gasteiger partial charge in [-0.25, -0.2) is 4.39 Å². The van der Waals surface area contributed by atoms with Crippen LogP contribution in [0, 0.1) is 11.7 Å². The first-order valence-corrected chi connectivity index (χ1v) is 14.8. The van der Waals surface area contributed by atoms with E-state index in [2.05, 4.69) is 0 Å². The van der Waals surface area contributed by atoms with Gasteiger partial charge in [0.05, 0.1) is 49.5 Å². The molecule has 0 aliphatic heterocycles. The van der Waals surface area contributed by atoms with Gasteiger partial charge in [-0.3, -0.25) is 19.2 Å². The first kappa shape index (κ1) is 31.7. The maximum absolute atomic E-state index is 15.4.